The molecule has 1 aliphatic rings. The average Bonchev–Trinajstić information content (AvgIpc) is 4.05. The van der Waals surface area contributed by atoms with E-state index in [1.165, 1.54) is 0 Å². The summed E-state index contributed by atoms with van der Waals surface area (Å²) in [5, 5.41) is 19.6. The topological polar surface area (TPSA) is 172 Å². The molecule has 0 saturated carbocycles. The maximum atomic E-state index is 12.9. The lowest BCUT2D eigenvalue weighted by Crippen LogP contribution is -2.31. The van der Waals surface area contributed by atoms with Crippen LogP contribution < -0.4 is 26.6 Å². The quantitative estimate of drug-likeness (QED) is 0.0692. The summed E-state index contributed by atoms with van der Waals surface area (Å²) >= 11 is 0. The summed E-state index contributed by atoms with van der Waals surface area (Å²) in [4.78, 5) is 43.8. The van der Waals surface area contributed by atoms with Gasteiger partial charge < -0.3 is 31.1 Å². The molecule has 0 bridgehead atoms. The zero-order valence-electron chi connectivity index (χ0n) is 33.3. The van der Waals surface area contributed by atoms with Crippen LogP contribution in [0.4, 0.5) is 11.6 Å². The summed E-state index contributed by atoms with van der Waals surface area (Å²) in [6.45, 7) is 4.17. The van der Waals surface area contributed by atoms with Crippen molar-refractivity contribution in [3.63, 3.8) is 0 Å². The van der Waals surface area contributed by atoms with Crippen molar-refractivity contribution < 1.29 is 14.1 Å². The fourth-order valence-corrected chi connectivity index (χ4v) is 6.62. The second-order valence-electron chi connectivity index (χ2n) is 14.1. The van der Waals surface area contributed by atoms with E-state index in [1.807, 2.05) is 115 Å². The molecule has 2 aromatic carbocycles. The first-order valence-electron chi connectivity index (χ1n) is 20.2. The third-order valence-electron chi connectivity index (χ3n) is 9.85. The van der Waals surface area contributed by atoms with Crippen LogP contribution in [0.15, 0.2) is 151 Å². The lowest BCUT2D eigenvalue weighted by molar-refractivity contribution is 0.0940. The molecule has 5 N–H and O–H groups in total. The van der Waals surface area contributed by atoms with Gasteiger partial charge in [0, 0.05) is 73.5 Å². The van der Waals surface area contributed by atoms with E-state index >= 15 is 0 Å². The number of nitrogens with one attached hydrogen (secondary N) is 5. The van der Waals surface area contributed by atoms with Crippen molar-refractivity contribution in [2.45, 2.75) is 25.8 Å². The summed E-state index contributed by atoms with van der Waals surface area (Å²) in [5.74, 6) is 1.89. The van der Waals surface area contributed by atoms with E-state index in [-0.39, 0.29) is 18.4 Å². The second-order valence-corrected chi connectivity index (χ2v) is 14.1. The van der Waals surface area contributed by atoms with Crippen molar-refractivity contribution in [2.75, 3.05) is 43.4 Å². The number of rotatable bonds is 16. The molecule has 1 fully saturated rings. The molecule has 2 amide bonds. The number of hydrogen-bond donors (Lipinski definition) is 5. The number of hydrogen-bond acceptors (Lipinski definition) is 11. The lowest BCUT2D eigenvalue weighted by Gasteiger charge is -2.15. The Hall–Kier alpha value is -7.25. The number of carbonyl (C=O) groups is 2. The van der Waals surface area contributed by atoms with Gasteiger partial charge in [0.2, 0.25) is 0 Å². The van der Waals surface area contributed by atoms with Gasteiger partial charge >= 0.3 is 0 Å². The molecule has 0 spiro atoms. The molecular weight excluding hydrogens is 753 g/mol. The normalized spacial score (nSPS) is 13.1. The van der Waals surface area contributed by atoms with Crippen molar-refractivity contribution in [3.8, 4) is 22.5 Å². The van der Waals surface area contributed by atoms with Crippen LogP contribution >= 0.6 is 0 Å². The highest BCUT2D eigenvalue weighted by molar-refractivity contribution is 6.00. The van der Waals surface area contributed by atoms with Crippen LogP contribution in [0, 0.1) is 5.92 Å². The monoisotopic (exact) mass is 800 g/mol. The molecule has 8 rings (SSSR count). The largest absolute Gasteiger partial charge is 0.369 e. The third-order valence-corrected chi connectivity index (χ3v) is 9.85. The van der Waals surface area contributed by atoms with Gasteiger partial charge in [0.05, 0.1) is 35.3 Å². The number of benzene rings is 2. The molecule has 1 aliphatic heterocycles. The number of carbonyl (C=O) groups excluding carboxylic acids is 2. The van der Waals surface area contributed by atoms with Crippen LogP contribution in [0.2, 0.25) is 0 Å². The van der Waals surface area contributed by atoms with Gasteiger partial charge in [0.25, 0.3) is 11.8 Å². The smallest absolute Gasteiger partial charge is 0.255 e. The lowest BCUT2D eigenvalue weighted by atomic mass is 10.1. The van der Waals surface area contributed by atoms with E-state index < -0.39 is 0 Å². The van der Waals surface area contributed by atoms with E-state index in [2.05, 4.69) is 41.7 Å². The highest BCUT2D eigenvalue weighted by Gasteiger charge is 2.19. The number of pyridine rings is 4. The minimum absolute atomic E-state index is 0.0886. The van der Waals surface area contributed by atoms with Gasteiger partial charge in [0.1, 0.15) is 11.6 Å². The van der Waals surface area contributed by atoms with Crippen molar-refractivity contribution in [2.24, 2.45) is 5.92 Å². The summed E-state index contributed by atoms with van der Waals surface area (Å²) in [7, 11) is 0. The minimum Gasteiger partial charge on any atom is -0.369 e. The number of aromatic nitrogens is 5. The molecule has 0 radical (unpaired) electrons. The van der Waals surface area contributed by atoms with Crippen molar-refractivity contribution in [1.29, 1.82) is 0 Å². The maximum Gasteiger partial charge on any atom is 0.255 e. The van der Waals surface area contributed by atoms with E-state index in [0.717, 1.165) is 66.3 Å². The maximum absolute atomic E-state index is 12.9. The third kappa shape index (κ3) is 11.9. The molecule has 304 valence electrons. The Morgan fingerprint density at radius 2 is 1.17 bits per heavy atom. The average molecular weight is 801 g/mol. The molecule has 6 heterocycles. The first kappa shape index (κ1) is 40.9. The summed E-state index contributed by atoms with van der Waals surface area (Å²) in [5.41, 5.74) is 6.66. The summed E-state index contributed by atoms with van der Waals surface area (Å²) in [6, 6.07) is 40.7. The van der Waals surface area contributed by atoms with Gasteiger partial charge in [-0.05, 0) is 74.0 Å². The van der Waals surface area contributed by atoms with Crippen LogP contribution in [0.25, 0.3) is 22.5 Å². The Kier molecular flexibility index (Phi) is 14.7. The highest BCUT2D eigenvalue weighted by atomic mass is 16.5. The molecule has 1 saturated heterocycles. The van der Waals surface area contributed by atoms with Crippen LogP contribution in [0.3, 0.4) is 0 Å². The molecule has 13 heteroatoms. The Morgan fingerprint density at radius 1 is 0.617 bits per heavy atom. The predicted octanol–water partition coefficient (Wildman–Crippen LogP) is 6.85. The first-order chi connectivity index (χ1) is 29.6. The van der Waals surface area contributed by atoms with Crippen molar-refractivity contribution >= 4 is 23.5 Å². The van der Waals surface area contributed by atoms with Gasteiger partial charge in [0.15, 0.2) is 5.76 Å². The number of anilines is 2. The van der Waals surface area contributed by atoms with Gasteiger partial charge in [-0.3, -0.25) is 19.6 Å². The van der Waals surface area contributed by atoms with E-state index in [4.69, 9.17) is 14.5 Å². The van der Waals surface area contributed by atoms with Gasteiger partial charge in [-0.1, -0.05) is 78.0 Å². The summed E-state index contributed by atoms with van der Waals surface area (Å²) in [6.07, 6.45) is 7.68. The van der Waals surface area contributed by atoms with Crippen molar-refractivity contribution in [3.05, 3.63) is 174 Å². The van der Waals surface area contributed by atoms with Gasteiger partial charge in [-0.25, -0.2) is 9.97 Å². The first-order valence-corrected chi connectivity index (χ1v) is 20.2. The molecule has 5 aromatic heterocycles. The second kappa shape index (κ2) is 21.5. The molecule has 0 unspecified atom stereocenters. The Morgan fingerprint density at radius 3 is 1.65 bits per heavy atom. The Balaban J connectivity index is 0.000000181. The molecule has 0 aliphatic carbocycles. The molecule has 7 aromatic rings. The summed E-state index contributed by atoms with van der Waals surface area (Å²) < 4.78 is 5.04. The SMILES string of the molecule is O=C(NC[C@H]1CCNC1)c1ccc(-c2ccccc2)nc1NCCc1ccccn1.O=C(NCc1ccno1)c1ccc(-c2ccccc2)nc1NCCc1ccccn1. The zero-order chi connectivity index (χ0) is 41.2. The van der Waals surface area contributed by atoms with Crippen LogP contribution in [-0.2, 0) is 19.4 Å². The Bertz CT molecular complexity index is 2380. The molecule has 1 atom stereocenters. The van der Waals surface area contributed by atoms with E-state index in [9.17, 15) is 9.59 Å². The molecular formula is C47H48N10O3. The molecule has 60 heavy (non-hydrogen) atoms. The fraction of sp³-hybridized carbons (Fsp3) is 0.213. The minimum atomic E-state index is -0.237. The fourth-order valence-electron chi connectivity index (χ4n) is 6.62. The standard InChI is InChI=1S/C24H27N5O.C23H21N5O2/c30-24(28-17-18-11-14-25-16-18)21-9-10-22(19-6-2-1-3-7-19)29-23(21)27-15-12-20-8-4-5-13-26-20;29-23(26-16-19-12-15-27-30-19)20-9-10-21(17-6-2-1-3-7-17)28-22(20)25-14-11-18-8-4-5-13-24-18/h1-10,13,18,25H,11-12,14-17H2,(H,27,29)(H,28,30);1-10,12-13,15H,11,14,16H2,(H,25,28)(H,26,29)/t18-;/m0./s1. The Labute approximate surface area is 349 Å². The highest BCUT2D eigenvalue weighted by Crippen LogP contribution is 2.24. The van der Waals surface area contributed by atoms with Crippen LogP contribution in [-0.4, -0.2) is 69.6 Å². The van der Waals surface area contributed by atoms with Crippen molar-refractivity contribution in [1.82, 2.24) is 41.0 Å². The molecule has 13 nitrogen and oxygen atoms in total. The van der Waals surface area contributed by atoms with Crippen LogP contribution in [0.1, 0.15) is 44.3 Å². The van der Waals surface area contributed by atoms with E-state index in [1.54, 1.807) is 30.7 Å². The van der Waals surface area contributed by atoms with Gasteiger partial charge in [-0.2, -0.15) is 0 Å². The van der Waals surface area contributed by atoms with Gasteiger partial charge in [-0.15, -0.1) is 0 Å². The number of nitrogens with zero attached hydrogens (tertiary/aromatic N) is 5. The number of amides is 2. The van der Waals surface area contributed by atoms with E-state index in [0.29, 0.717) is 54.1 Å². The zero-order valence-corrected chi connectivity index (χ0v) is 33.3. The predicted molar refractivity (Wildman–Crippen MR) is 233 cm³/mol. The van der Waals surface area contributed by atoms with Crippen LogP contribution in [0.5, 0.6) is 0 Å².